The molecule has 1 rings (SSSR count). The molecule has 1 fully saturated rings. The molecule has 0 saturated carbocycles. The van der Waals surface area contributed by atoms with Crippen molar-refractivity contribution in [3.63, 3.8) is 0 Å². The molecule has 2 nitrogen and oxygen atoms in total. The van der Waals surface area contributed by atoms with Gasteiger partial charge in [0.15, 0.2) is 0 Å². The molecule has 0 aromatic heterocycles. The van der Waals surface area contributed by atoms with E-state index in [-0.39, 0.29) is 6.04 Å². The number of likely N-dealkylation sites (tertiary alicyclic amines) is 1. The molecule has 0 spiro atoms. The lowest BCUT2D eigenvalue weighted by molar-refractivity contribution is 0.277. The normalized spacial score (nSPS) is 20.0. The summed E-state index contributed by atoms with van der Waals surface area (Å²) in [6.45, 7) is 2.27. The highest BCUT2D eigenvalue weighted by molar-refractivity contribution is 7.98. The molecule has 1 saturated heterocycles. The first-order chi connectivity index (χ1) is 6.38. The Bertz CT molecular complexity index is 170. The van der Waals surface area contributed by atoms with Crippen molar-refractivity contribution in [1.82, 2.24) is 4.90 Å². The third kappa shape index (κ3) is 3.58. The van der Waals surface area contributed by atoms with Crippen LogP contribution >= 0.6 is 11.8 Å². The zero-order valence-corrected chi connectivity index (χ0v) is 9.15. The summed E-state index contributed by atoms with van der Waals surface area (Å²) in [6.07, 6.45) is 6.91. The average Bonchev–Trinajstić information content (AvgIpc) is 2.65. The van der Waals surface area contributed by atoms with Crippen LogP contribution in [-0.4, -0.2) is 36.0 Å². The van der Waals surface area contributed by atoms with Crippen LogP contribution in [0.25, 0.3) is 0 Å². The van der Waals surface area contributed by atoms with E-state index in [0.717, 1.165) is 19.5 Å². The Kier molecular flexibility index (Phi) is 5.26. The van der Waals surface area contributed by atoms with Crippen LogP contribution in [0.15, 0.2) is 0 Å². The minimum atomic E-state index is 0.189. The van der Waals surface area contributed by atoms with Crippen molar-refractivity contribution < 1.29 is 0 Å². The van der Waals surface area contributed by atoms with Gasteiger partial charge in [0.2, 0.25) is 0 Å². The molecule has 0 amide bonds. The molecule has 1 unspecified atom stereocenters. The van der Waals surface area contributed by atoms with E-state index in [4.69, 9.17) is 5.26 Å². The van der Waals surface area contributed by atoms with Crippen molar-refractivity contribution in [2.75, 3.05) is 25.1 Å². The second kappa shape index (κ2) is 6.28. The van der Waals surface area contributed by atoms with E-state index in [1.54, 1.807) is 0 Å². The monoisotopic (exact) mass is 198 g/mol. The molecule has 0 N–H and O–H groups in total. The number of nitrogens with zero attached hydrogens (tertiary/aromatic N) is 2. The lowest BCUT2D eigenvalue weighted by Crippen LogP contribution is -2.31. The summed E-state index contributed by atoms with van der Waals surface area (Å²) < 4.78 is 0. The van der Waals surface area contributed by atoms with Gasteiger partial charge in [0.05, 0.1) is 12.1 Å². The molecule has 0 radical (unpaired) electrons. The number of rotatable bonds is 5. The molecule has 1 aliphatic heterocycles. The fraction of sp³-hybridized carbons (Fsp3) is 0.900. The van der Waals surface area contributed by atoms with Crippen LogP contribution in [0.4, 0.5) is 0 Å². The molecule has 74 valence electrons. The smallest absolute Gasteiger partial charge is 0.0978 e. The Morgan fingerprint density at radius 3 is 2.69 bits per heavy atom. The maximum absolute atomic E-state index is 8.99. The van der Waals surface area contributed by atoms with E-state index < -0.39 is 0 Å². The fourth-order valence-electron chi connectivity index (χ4n) is 1.80. The van der Waals surface area contributed by atoms with Gasteiger partial charge in [-0.05, 0) is 50.8 Å². The SMILES string of the molecule is CSCCCC(C#N)N1CCCC1. The van der Waals surface area contributed by atoms with Gasteiger partial charge in [0.25, 0.3) is 0 Å². The van der Waals surface area contributed by atoms with Crippen molar-refractivity contribution >= 4 is 11.8 Å². The maximum atomic E-state index is 8.99. The molecular weight excluding hydrogens is 180 g/mol. The quantitative estimate of drug-likeness (QED) is 0.633. The van der Waals surface area contributed by atoms with Crippen LogP contribution < -0.4 is 0 Å². The summed E-state index contributed by atoms with van der Waals surface area (Å²) in [7, 11) is 0. The highest BCUT2D eigenvalue weighted by Crippen LogP contribution is 2.15. The molecule has 1 aliphatic rings. The molecule has 13 heavy (non-hydrogen) atoms. The summed E-state index contributed by atoms with van der Waals surface area (Å²) >= 11 is 1.87. The highest BCUT2D eigenvalue weighted by Gasteiger charge is 2.20. The number of thioether (sulfide) groups is 1. The van der Waals surface area contributed by atoms with Crippen LogP contribution in [0.5, 0.6) is 0 Å². The zero-order chi connectivity index (χ0) is 9.52. The Morgan fingerprint density at radius 1 is 1.46 bits per heavy atom. The van der Waals surface area contributed by atoms with Gasteiger partial charge in [-0.25, -0.2) is 0 Å². The minimum Gasteiger partial charge on any atom is -0.288 e. The van der Waals surface area contributed by atoms with Crippen molar-refractivity contribution in [3.8, 4) is 6.07 Å². The Labute approximate surface area is 85.3 Å². The molecule has 0 aromatic rings. The third-order valence-electron chi connectivity index (χ3n) is 2.56. The van der Waals surface area contributed by atoms with Crippen molar-refractivity contribution in [2.24, 2.45) is 0 Å². The van der Waals surface area contributed by atoms with Crippen molar-refractivity contribution in [3.05, 3.63) is 0 Å². The van der Waals surface area contributed by atoms with Crippen LogP contribution in [0.3, 0.4) is 0 Å². The van der Waals surface area contributed by atoms with E-state index in [0.29, 0.717) is 0 Å². The second-order valence-electron chi connectivity index (χ2n) is 3.52. The molecule has 1 heterocycles. The second-order valence-corrected chi connectivity index (χ2v) is 4.51. The first-order valence-electron chi connectivity index (χ1n) is 5.01. The first-order valence-corrected chi connectivity index (χ1v) is 6.40. The van der Waals surface area contributed by atoms with E-state index in [1.165, 1.54) is 25.0 Å². The van der Waals surface area contributed by atoms with Crippen LogP contribution in [0.2, 0.25) is 0 Å². The molecule has 1 atom stereocenters. The zero-order valence-electron chi connectivity index (χ0n) is 8.33. The lowest BCUT2D eigenvalue weighted by Gasteiger charge is -2.20. The molecule has 0 bridgehead atoms. The lowest BCUT2D eigenvalue weighted by atomic mass is 10.1. The Balaban J connectivity index is 2.22. The van der Waals surface area contributed by atoms with E-state index >= 15 is 0 Å². The number of hydrogen-bond donors (Lipinski definition) is 0. The van der Waals surface area contributed by atoms with Crippen LogP contribution in [-0.2, 0) is 0 Å². The van der Waals surface area contributed by atoms with Crippen molar-refractivity contribution in [1.29, 1.82) is 5.26 Å². The van der Waals surface area contributed by atoms with Crippen LogP contribution in [0.1, 0.15) is 25.7 Å². The van der Waals surface area contributed by atoms with Gasteiger partial charge in [-0.15, -0.1) is 0 Å². The third-order valence-corrected chi connectivity index (χ3v) is 3.25. The summed E-state index contributed by atoms with van der Waals surface area (Å²) in [5, 5.41) is 8.99. The molecule has 0 aliphatic carbocycles. The van der Waals surface area contributed by atoms with Gasteiger partial charge >= 0.3 is 0 Å². The highest BCUT2D eigenvalue weighted by atomic mass is 32.2. The summed E-state index contributed by atoms with van der Waals surface area (Å²) in [5.74, 6) is 1.19. The maximum Gasteiger partial charge on any atom is 0.0978 e. The minimum absolute atomic E-state index is 0.189. The van der Waals surface area contributed by atoms with E-state index in [2.05, 4.69) is 17.2 Å². The summed E-state index contributed by atoms with van der Waals surface area (Å²) in [5.41, 5.74) is 0. The average molecular weight is 198 g/mol. The number of nitriles is 1. The summed E-state index contributed by atoms with van der Waals surface area (Å²) in [4.78, 5) is 2.33. The predicted molar refractivity (Wildman–Crippen MR) is 57.8 cm³/mol. The first kappa shape index (κ1) is 10.9. The van der Waals surface area contributed by atoms with Crippen LogP contribution in [0, 0.1) is 11.3 Å². The largest absolute Gasteiger partial charge is 0.288 e. The number of hydrogen-bond acceptors (Lipinski definition) is 3. The van der Waals surface area contributed by atoms with E-state index in [1.807, 2.05) is 11.8 Å². The van der Waals surface area contributed by atoms with Gasteiger partial charge in [-0.1, -0.05) is 0 Å². The Morgan fingerprint density at radius 2 is 2.15 bits per heavy atom. The van der Waals surface area contributed by atoms with Gasteiger partial charge in [0.1, 0.15) is 0 Å². The standard InChI is InChI=1S/C10H18N2S/c1-13-8-4-5-10(9-11)12-6-2-3-7-12/h10H,2-8H2,1H3. The molecule has 3 heteroatoms. The molecular formula is C10H18N2S. The fourth-order valence-corrected chi connectivity index (χ4v) is 2.26. The summed E-state index contributed by atoms with van der Waals surface area (Å²) in [6, 6.07) is 2.61. The van der Waals surface area contributed by atoms with Gasteiger partial charge in [-0.3, -0.25) is 4.90 Å². The van der Waals surface area contributed by atoms with E-state index in [9.17, 15) is 0 Å². The molecule has 0 aromatic carbocycles. The van der Waals surface area contributed by atoms with Gasteiger partial charge in [-0.2, -0.15) is 17.0 Å². The Hall–Kier alpha value is -0.200. The van der Waals surface area contributed by atoms with Crippen molar-refractivity contribution in [2.45, 2.75) is 31.7 Å². The predicted octanol–water partition coefficient (Wildman–Crippen LogP) is 2.12. The van der Waals surface area contributed by atoms with Gasteiger partial charge < -0.3 is 0 Å². The topological polar surface area (TPSA) is 27.0 Å². The van der Waals surface area contributed by atoms with Gasteiger partial charge in [0, 0.05) is 0 Å².